The number of nitrogens with zero attached hydrogens (tertiary/aromatic N) is 3. The fourth-order valence-corrected chi connectivity index (χ4v) is 3.98. The molecular formula is C17H22N4O2S. The molecule has 3 rings (SSSR count). The molecule has 1 aromatic heterocycles. The topological polar surface area (TPSA) is 75.2 Å². The van der Waals surface area contributed by atoms with Gasteiger partial charge in [-0.2, -0.15) is 0 Å². The lowest BCUT2D eigenvalue weighted by Crippen LogP contribution is -2.31. The van der Waals surface area contributed by atoms with Crippen molar-refractivity contribution in [2.45, 2.75) is 32.7 Å². The van der Waals surface area contributed by atoms with Gasteiger partial charge in [0.25, 0.3) is 0 Å². The van der Waals surface area contributed by atoms with Gasteiger partial charge in [-0.3, -0.25) is 4.72 Å². The molecule has 0 fully saturated rings. The maximum absolute atomic E-state index is 11.9. The lowest BCUT2D eigenvalue weighted by Gasteiger charge is -2.29. The summed E-state index contributed by atoms with van der Waals surface area (Å²) in [6.07, 6.45) is 2.44. The van der Waals surface area contributed by atoms with Gasteiger partial charge < -0.3 is 4.90 Å². The van der Waals surface area contributed by atoms with Crippen LogP contribution in [-0.4, -0.2) is 30.9 Å². The van der Waals surface area contributed by atoms with Crippen molar-refractivity contribution in [3.05, 3.63) is 47.5 Å². The van der Waals surface area contributed by atoms with Gasteiger partial charge in [-0.1, -0.05) is 37.6 Å². The van der Waals surface area contributed by atoms with Crippen molar-refractivity contribution in [1.82, 2.24) is 10.2 Å². The van der Waals surface area contributed by atoms with E-state index in [1.807, 2.05) is 19.1 Å². The van der Waals surface area contributed by atoms with Gasteiger partial charge in [0.15, 0.2) is 11.6 Å². The van der Waals surface area contributed by atoms with E-state index in [1.54, 1.807) is 6.07 Å². The van der Waals surface area contributed by atoms with Crippen LogP contribution < -0.4 is 9.62 Å². The van der Waals surface area contributed by atoms with Gasteiger partial charge in [-0.15, -0.1) is 10.2 Å². The predicted octanol–water partition coefficient (Wildman–Crippen LogP) is 2.58. The monoisotopic (exact) mass is 346 g/mol. The fourth-order valence-electron chi connectivity index (χ4n) is 2.78. The fraction of sp³-hybridized carbons (Fsp3) is 0.412. The molecule has 0 unspecified atom stereocenters. The van der Waals surface area contributed by atoms with Gasteiger partial charge in [0.05, 0.1) is 5.75 Å². The van der Waals surface area contributed by atoms with E-state index in [-0.39, 0.29) is 11.6 Å². The molecule has 0 atom stereocenters. The lowest BCUT2D eigenvalue weighted by atomic mass is 10.00. The number of nitrogens with one attached hydrogen (secondary N) is 1. The number of anilines is 2. The van der Waals surface area contributed by atoms with E-state index in [1.165, 1.54) is 11.1 Å². The molecule has 128 valence electrons. The van der Waals surface area contributed by atoms with E-state index in [2.05, 4.69) is 38.0 Å². The molecule has 0 aliphatic carbocycles. The van der Waals surface area contributed by atoms with Crippen molar-refractivity contribution in [2.75, 3.05) is 21.9 Å². The Morgan fingerprint density at radius 3 is 2.62 bits per heavy atom. The molecule has 1 aliphatic heterocycles. The van der Waals surface area contributed by atoms with E-state index in [0.29, 0.717) is 6.42 Å². The number of hydrogen-bond acceptors (Lipinski definition) is 5. The first-order valence-corrected chi connectivity index (χ1v) is 9.88. The molecule has 0 amide bonds. The summed E-state index contributed by atoms with van der Waals surface area (Å²) in [6, 6.07) is 11.9. The zero-order valence-electron chi connectivity index (χ0n) is 13.8. The van der Waals surface area contributed by atoms with E-state index < -0.39 is 10.0 Å². The molecular weight excluding hydrogens is 324 g/mol. The highest BCUT2D eigenvalue weighted by Gasteiger charge is 2.18. The predicted molar refractivity (Wildman–Crippen MR) is 95.5 cm³/mol. The minimum absolute atomic E-state index is 0.107. The largest absolute Gasteiger partial charge is 0.350 e. The van der Waals surface area contributed by atoms with Gasteiger partial charge in [0.1, 0.15) is 0 Å². The van der Waals surface area contributed by atoms with E-state index in [9.17, 15) is 8.42 Å². The molecule has 0 saturated carbocycles. The molecule has 24 heavy (non-hydrogen) atoms. The molecule has 0 saturated heterocycles. The first-order valence-electron chi connectivity index (χ1n) is 8.23. The number of rotatable bonds is 6. The average molecular weight is 346 g/mol. The number of unbranched alkanes of at least 4 members (excludes halogenated alkanes) is 1. The molecule has 0 radical (unpaired) electrons. The van der Waals surface area contributed by atoms with Crippen LogP contribution in [0.5, 0.6) is 0 Å². The molecule has 0 bridgehead atoms. The van der Waals surface area contributed by atoms with Crippen molar-refractivity contribution >= 4 is 21.7 Å². The van der Waals surface area contributed by atoms with Crippen LogP contribution in [0.4, 0.5) is 11.6 Å². The summed E-state index contributed by atoms with van der Waals surface area (Å²) in [5.74, 6) is 1.14. The summed E-state index contributed by atoms with van der Waals surface area (Å²) in [6.45, 7) is 3.64. The zero-order valence-corrected chi connectivity index (χ0v) is 14.6. The van der Waals surface area contributed by atoms with Gasteiger partial charge in [0, 0.05) is 13.1 Å². The van der Waals surface area contributed by atoms with E-state index in [0.717, 1.165) is 31.7 Å². The number of aromatic nitrogens is 2. The van der Waals surface area contributed by atoms with Crippen LogP contribution in [0.3, 0.4) is 0 Å². The van der Waals surface area contributed by atoms with Gasteiger partial charge in [0.2, 0.25) is 10.0 Å². The average Bonchev–Trinajstić information content (AvgIpc) is 2.60. The quantitative estimate of drug-likeness (QED) is 0.870. The molecule has 1 N–H and O–H groups in total. The normalized spacial score (nSPS) is 14.3. The van der Waals surface area contributed by atoms with Crippen LogP contribution in [-0.2, 0) is 23.0 Å². The summed E-state index contributed by atoms with van der Waals surface area (Å²) in [4.78, 5) is 2.16. The highest BCUT2D eigenvalue weighted by Crippen LogP contribution is 2.23. The third kappa shape index (κ3) is 4.03. The van der Waals surface area contributed by atoms with Gasteiger partial charge in [-0.25, -0.2) is 8.42 Å². The minimum atomic E-state index is -3.34. The van der Waals surface area contributed by atoms with Crippen LogP contribution in [0, 0.1) is 0 Å². The Morgan fingerprint density at radius 2 is 1.92 bits per heavy atom. The maximum atomic E-state index is 11.9. The lowest BCUT2D eigenvalue weighted by molar-refractivity contribution is 0.597. The maximum Gasteiger partial charge on any atom is 0.233 e. The third-order valence-corrected chi connectivity index (χ3v) is 5.48. The Bertz CT molecular complexity index is 790. The van der Waals surface area contributed by atoms with Crippen LogP contribution in [0.25, 0.3) is 0 Å². The smallest absolute Gasteiger partial charge is 0.233 e. The van der Waals surface area contributed by atoms with Crippen LogP contribution in [0.2, 0.25) is 0 Å². The van der Waals surface area contributed by atoms with Crippen molar-refractivity contribution in [3.8, 4) is 0 Å². The van der Waals surface area contributed by atoms with Gasteiger partial charge >= 0.3 is 0 Å². The number of benzene rings is 1. The second-order valence-corrected chi connectivity index (χ2v) is 7.83. The second kappa shape index (κ2) is 7.17. The number of hydrogen-bond donors (Lipinski definition) is 1. The van der Waals surface area contributed by atoms with Crippen molar-refractivity contribution in [1.29, 1.82) is 0 Å². The molecule has 6 nitrogen and oxygen atoms in total. The Hall–Kier alpha value is -2.15. The van der Waals surface area contributed by atoms with Crippen LogP contribution in [0.1, 0.15) is 30.9 Å². The summed E-state index contributed by atoms with van der Waals surface area (Å²) in [5.41, 5.74) is 2.68. The van der Waals surface area contributed by atoms with E-state index >= 15 is 0 Å². The first kappa shape index (κ1) is 16.7. The Morgan fingerprint density at radius 1 is 1.12 bits per heavy atom. The second-order valence-electron chi connectivity index (χ2n) is 5.99. The molecule has 1 aliphatic rings. The molecule has 7 heteroatoms. The SMILES string of the molecule is CCCCS(=O)(=O)Nc1ccc(N2CCc3ccccc3C2)nn1. The Labute approximate surface area is 143 Å². The van der Waals surface area contributed by atoms with Crippen LogP contribution in [0.15, 0.2) is 36.4 Å². The summed E-state index contributed by atoms with van der Waals surface area (Å²) >= 11 is 0. The summed E-state index contributed by atoms with van der Waals surface area (Å²) in [7, 11) is -3.34. The Kier molecular flexibility index (Phi) is 4.99. The first-order chi connectivity index (χ1) is 11.6. The molecule has 1 aromatic carbocycles. The third-order valence-electron chi connectivity index (χ3n) is 4.13. The standard InChI is InChI=1S/C17H22N4O2S/c1-2-3-12-24(22,23)20-16-8-9-17(19-18-16)21-11-10-14-6-4-5-7-15(14)13-21/h4-9H,2-3,10-13H2,1H3,(H,18,20). The van der Waals surface area contributed by atoms with Crippen LogP contribution >= 0.6 is 0 Å². The van der Waals surface area contributed by atoms with Crippen molar-refractivity contribution < 1.29 is 8.42 Å². The van der Waals surface area contributed by atoms with Gasteiger partial charge in [-0.05, 0) is 36.1 Å². The molecule has 0 spiro atoms. The summed E-state index contributed by atoms with van der Waals surface area (Å²) < 4.78 is 26.3. The molecule has 2 heterocycles. The Balaban J connectivity index is 1.67. The van der Waals surface area contributed by atoms with E-state index in [4.69, 9.17) is 0 Å². The number of fused-ring (bicyclic) bond motifs is 1. The zero-order chi connectivity index (χ0) is 17.0. The molecule has 2 aromatic rings. The minimum Gasteiger partial charge on any atom is -0.350 e. The number of sulfonamides is 1. The highest BCUT2D eigenvalue weighted by atomic mass is 32.2. The summed E-state index contributed by atoms with van der Waals surface area (Å²) in [5, 5.41) is 8.21. The van der Waals surface area contributed by atoms with Crippen molar-refractivity contribution in [3.63, 3.8) is 0 Å². The van der Waals surface area contributed by atoms with Crippen molar-refractivity contribution in [2.24, 2.45) is 0 Å². The highest BCUT2D eigenvalue weighted by molar-refractivity contribution is 7.92.